The lowest BCUT2D eigenvalue weighted by molar-refractivity contribution is 0.0951. The number of H-pyrrole nitrogens is 1. The van der Waals surface area contributed by atoms with Crippen molar-refractivity contribution in [1.82, 2.24) is 15.5 Å². The van der Waals surface area contributed by atoms with Crippen LogP contribution in [0.5, 0.6) is 0 Å². The fourth-order valence-electron chi connectivity index (χ4n) is 3.25. The maximum Gasteiger partial charge on any atom is 0.252 e. The molecule has 4 heteroatoms. The van der Waals surface area contributed by atoms with Crippen LogP contribution >= 0.6 is 0 Å². The van der Waals surface area contributed by atoms with Gasteiger partial charge in [0.25, 0.3) is 5.91 Å². The molecule has 1 fully saturated rings. The van der Waals surface area contributed by atoms with Crippen LogP contribution in [0.25, 0.3) is 34.3 Å². The van der Waals surface area contributed by atoms with E-state index in [2.05, 4.69) is 27.7 Å². The number of aromatic nitrogens is 2. The molecule has 5 rings (SSSR count). The fourth-order valence-corrected chi connectivity index (χ4v) is 3.25. The molecule has 2 N–H and O–H groups in total. The predicted octanol–water partition coefficient (Wildman–Crippen LogP) is 3.61. The number of fused-ring (bicyclic) bond motifs is 2. The monoisotopic (exact) mass is 301 g/mol. The Morgan fingerprint density at radius 2 is 2.00 bits per heavy atom. The average Bonchev–Trinajstić information content (AvgIpc) is 3.30. The Balaban J connectivity index is 1.74. The molecular weight excluding hydrogens is 286 g/mol. The van der Waals surface area contributed by atoms with Gasteiger partial charge < -0.3 is 5.32 Å². The number of nitrogens with zero attached hydrogens (tertiary/aromatic N) is 1. The Morgan fingerprint density at radius 1 is 1.13 bits per heavy atom. The highest BCUT2D eigenvalue weighted by Crippen LogP contribution is 2.37. The summed E-state index contributed by atoms with van der Waals surface area (Å²) >= 11 is 0. The zero-order valence-electron chi connectivity index (χ0n) is 12.5. The smallest absolute Gasteiger partial charge is 0.252 e. The number of nitrogens with one attached hydrogen (secondary N) is 2. The van der Waals surface area contributed by atoms with Crippen LogP contribution in [0.4, 0.5) is 0 Å². The number of carbonyl (C=O) groups is 1. The van der Waals surface area contributed by atoms with Crippen molar-refractivity contribution < 1.29 is 4.79 Å². The van der Waals surface area contributed by atoms with Gasteiger partial charge >= 0.3 is 0 Å². The van der Waals surface area contributed by atoms with Crippen LogP contribution in [-0.2, 0) is 0 Å². The van der Waals surface area contributed by atoms with E-state index in [1.54, 1.807) is 0 Å². The van der Waals surface area contributed by atoms with Crippen molar-refractivity contribution in [3.05, 3.63) is 53.1 Å². The summed E-state index contributed by atoms with van der Waals surface area (Å²) in [4.78, 5) is 12.6. The molecule has 1 aromatic heterocycles. The van der Waals surface area contributed by atoms with Crippen LogP contribution in [0.2, 0.25) is 0 Å². The zero-order valence-corrected chi connectivity index (χ0v) is 12.5. The van der Waals surface area contributed by atoms with Crippen LogP contribution in [0.3, 0.4) is 0 Å². The lowest BCUT2D eigenvalue weighted by Crippen LogP contribution is -2.26. The molecule has 1 saturated carbocycles. The Kier molecular flexibility index (Phi) is 2.50. The molecule has 0 spiro atoms. The van der Waals surface area contributed by atoms with Gasteiger partial charge in [0.05, 0.1) is 5.52 Å². The molecule has 2 aliphatic carbocycles. The van der Waals surface area contributed by atoms with Crippen molar-refractivity contribution >= 4 is 29.0 Å². The molecule has 112 valence electrons. The molecule has 2 aliphatic rings. The molecule has 0 unspecified atom stereocenters. The van der Waals surface area contributed by atoms with Gasteiger partial charge in [-0.2, -0.15) is 5.10 Å². The summed E-state index contributed by atoms with van der Waals surface area (Å²) in [5, 5.41) is 11.8. The summed E-state index contributed by atoms with van der Waals surface area (Å²) in [6.45, 7) is 0. The van der Waals surface area contributed by atoms with Gasteiger partial charge in [0.15, 0.2) is 0 Å². The van der Waals surface area contributed by atoms with Crippen LogP contribution in [0.15, 0.2) is 36.4 Å². The van der Waals surface area contributed by atoms with E-state index in [4.69, 9.17) is 0 Å². The maximum absolute atomic E-state index is 12.6. The second-order valence-corrected chi connectivity index (χ2v) is 6.19. The molecule has 0 atom stereocenters. The molecule has 3 aromatic rings. The number of hydrogen-bond acceptors (Lipinski definition) is 2. The molecule has 4 nitrogen and oxygen atoms in total. The quantitative estimate of drug-likeness (QED) is 0.594. The third-order valence-electron chi connectivity index (χ3n) is 4.57. The molecule has 0 aliphatic heterocycles. The van der Waals surface area contributed by atoms with E-state index in [1.807, 2.05) is 36.4 Å². The summed E-state index contributed by atoms with van der Waals surface area (Å²) in [5.74, 6) is 0.00624. The highest BCUT2D eigenvalue weighted by Gasteiger charge is 2.26. The molecule has 23 heavy (non-hydrogen) atoms. The van der Waals surface area contributed by atoms with Crippen LogP contribution in [0.1, 0.15) is 34.3 Å². The summed E-state index contributed by atoms with van der Waals surface area (Å²) in [6, 6.07) is 12.3. The number of hydrogen-bond donors (Lipinski definition) is 2. The highest BCUT2D eigenvalue weighted by atomic mass is 16.1. The van der Waals surface area contributed by atoms with Crippen LogP contribution in [-0.4, -0.2) is 22.1 Å². The number of carbonyl (C=O) groups excluding carboxylic acids is 1. The molecule has 0 radical (unpaired) electrons. The summed E-state index contributed by atoms with van der Waals surface area (Å²) in [6.07, 6.45) is 6.28. The van der Waals surface area contributed by atoms with Gasteiger partial charge in [-0.05, 0) is 36.1 Å². The maximum atomic E-state index is 12.6. The average molecular weight is 301 g/mol. The zero-order chi connectivity index (χ0) is 15.4. The summed E-state index contributed by atoms with van der Waals surface area (Å²) < 4.78 is 0. The number of rotatable bonds is 2. The third kappa shape index (κ3) is 1.91. The van der Waals surface area contributed by atoms with E-state index in [9.17, 15) is 4.79 Å². The van der Waals surface area contributed by atoms with E-state index in [0.29, 0.717) is 6.04 Å². The first-order valence-electron chi connectivity index (χ1n) is 7.91. The van der Waals surface area contributed by atoms with Crippen LogP contribution < -0.4 is 5.32 Å². The Hall–Kier alpha value is -2.88. The minimum atomic E-state index is 0.00624. The van der Waals surface area contributed by atoms with E-state index in [-0.39, 0.29) is 5.91 Å². The third-order valence-corrected chi connectivity index (χ3v) is 4.57. The van der Waals surface area contributed by atoms with Gasteiger partial charge in [0.1, 0.15) is 5.69 Å². The number of benzene rings is 2. The normalized spacial score (nSPS) is 15.3. The SMILES string of the molecule is O=C(NC1CC1)c1cccc2c1C=Cc1cccc3[nH]nc-2c13. The van der Waals surface area contributed by atoms with Crippen molar-refractivity contribution in [3.8, 4) is 11.3 Å². The molecule has 0 bridgehead atoms. The first-order chi connectivity index (χ1) is 11.3. The topological polar surface area (TPSA) is 57.8 Å². The second-order valence-electron chi connectivity index (χ2n) is 6.19. The van der Waals surface area contributed by atoms with Crippen molar-refractivity contribution in [2.75, 3.05) is 0 Å². The van der Waals surface area contributed by atoms with Crippen molar-refractivity contribution in [3.63, 3.8) is 0 Å². The Morgan fingerprint density at radius 3 is 2.87 bits per heavy atom. The van der Waals surface area contributed by atoms with Crippen LogP contribution in [0, 0.1) is 0 Å². The van der Waals surface area contributed by atoms with E-state index in [0.717, 1.165) is 51.7 Å². The lowest BCUT2D eigenvalue weighted by Gasteiger charge is -2.10. The minimum absolute atomic E-state index is 0.00624. The van der Waals surface area contributed by atoms with Crippen molar-refractivity contribution in [2.24, 2.45) is 0 Å². The van der Waals surface area contributed by atoms with Gasteiger partial charge in [0.2, 0.25) is 0 Å². The Labute approximate surface area is 133 Å². The summed E-state index contributed by atoms with van der Waals surface area (Å²) in [7, 11) is 0. The molecule has 0 saturated heterocycles. The molecule has 1 heterocycles. The highest BCUT2D eigenvalue weighted by molar-refractivity contribution is 6.08. The van der Waals surface area contributed by atoms with Gasteiger partial charge in [-0.1, -0.05) is 36.4 Å². The van der Waals surface area contributed by atoms with Gasteiger partial charge in [-0.25, -0.2) is 0 Å². The lowest BCUT2D eigenvalue weighted by atomic mass is 9.97. The van der Waals surface area contributed by atoms with Crippen molar-refractivity contribution in [2.45, 2.75) is 18.9 Å². The molecular formula is C19H15N3O. The molecule has 2 aromatic carbocycles. The van der Waals surface area contributed by atoms with E-state index in [1.165, 1.54) is 0 Å². The summed E-state index contributed by atoms with van der Waals surface area (Å²) in [5.41, 5.74) is 5.71. The van der Waals surface area contributed by atoms with Gasteiger partial charge in [-0.15, -0.1) is 0 Å². The number of amides is 1. The fraction of sp³-hybridized carbons (Fsp3) is 0.158. The van der Waals surface area contributed by atoms with Gasteiger partial charge in [-0.3, -0.25) is 9.89 Å². The minimum Gasteiger partial charge on any atom is -0.349 e. The molecule has 1 amide bonds. The van der Waals surface area contributed by atoms with E-state index >= 15 is 0 Å². The first-order valence-corrected chi connectivity index (χ1v) is 7.91. The predicted molar refractivity (Wildman–Crippen MR) is 90.9 cm³/mol. The first kappa shape index (κ1) is 12.6. The van der Waals surface area contributed by atoms with E-state index < -0.39 is 0 Å². The largest absolute Gasteiger partial charge is 0.349 e. The second kappa shape index (κ2) is 4.56. The number of aromatic amines is 1. The van der Waals surface area contributed by atoms with Gasteiger partial charge in [0, 0.05) is 22.6 Å². The Bertz CT molecular complexity index is 979. The van der Waals surface area contributed by atoms with Crippen molar-refractivity contribution in [1.29, 1.82) is 0 Å². The standard InChI is InChI=1S/C19H15N3O/c23-19(20-12-8-9-12)15-5-2-4-14-13(15)10-7-11-3-1-6-16-17(11)18(14)22-21-16/h1-7,10,12H,8-9H2,(H,20,23)(H,21,22).